The zero-order valence-corrected chi connectivity index (χ0v) is 12.5. The number of thiophene rings is 1. The van der Waals surface area contributed by atoms with Gasteiger partial charge in [0.25, 0.3) is 0 Å². The molecule has 20 heavy (non-hydrogen) atoms. The minimum Gasteiger partial charge on any atom is -0.347 e. The number of nitrogens with one attached hydrogen (secondary N) is 1. The van der Waals surface area contributed by atoms with Gasteiger partial charge >= 0.3 is 6.03 Å². The topological polar surface area (TPSA) is 37.3 Å². The van der Waals surface area contributed by atoms with Gasteiger partial charge in [0.1, 0.15) is 6.04 Å². The predicted octanol–water partition coefficient (Wildman–Crippen LogP) is 2.90. The van der Waals surface area contributed by atoms with E-state index >= 15 is 0 Å². The minimum atomic E-state index is -0.0449. The number of amides is 2. The SMILES string of the molecule is O=C(NCCCl)N1CCn2cccc2C1c1cccs1. The molecule has 2 aromatic heterocycles. The fraction of sp³-hybridized carbons (Fsp3) is 0.357. The van der Waals surface area contributed by atoms with Crippen LogP contribution in [0, 0.1) is 0 Å². The van der Waals surface area contributed by atoms with E-state index in [0.717, 1.165) is 6.54 Å². The largest absolute Gasteiger partial charge is 0.347 e. The molecule has 0 saturated carbocycles. The van der Waals surface area contributed by atoms with Crippen molar-refractivity contribution in [1.29, 1.82) is 0 Å². The van der Waals surface area contributed by atoms with Crippen molar-refractivity contribution >= 4 is 29.0 Å². The first kappa shape index (κ1) is 13.5. The van der Waals surface area contributed by atoms with Crippen LogP contribution in [0.2, 0.25) is 0 Å². The second-order valence-electron chi connectivity index (χ2n) is 4.66. The van der Waals surface area contributed by atoms with Gasteiger partial charge in [-0.1, -0.05) is 6.07 Å². The Morgan fingerprint density at radius 3 is 3.05 bits per heavy atom. The number of halogens is 1. The number of carbonyl (C=O) groups excluding carboxylic acids is 1. The molecule has 0 radical (unpaired) electrons. The Hall–Kier alpha value is -1.46. The van der Waals surface area contributed by atoms with Gasteiger partial charge in [0.15, 0.2) is 0 Å². The van der Waals surface area contributed by atoms with Gasteiger partial charge in [0, 0.05) is 42.3 Å². The monoisotopic (exact) mass is 309 g/mol. The van der Waals surface area contributed by atoms with Crippen molar-refractivity contribution in [2.75, 3.05) is 19.0 Å². The lowest BCUT2D eigenvalue weighted by atomic mass is 10.1. The van der Waals surface area contributed by atoms with Crippen molar-refractivity contribution in [3.63, 3.8) is 0 Å². The van der Waals surface area contributed by atoms with Gasteiger partial charge in [-0.3, -0.25) is 0 Å². The number of hydrogen-bond donors (Lipinski definition) is 1. The van der Waals surface area contributed by atoms with Crippen LogP contribution < -0.4 is 5.32 Å². The van der Waals surface area contributed by atoms with Crippen LogP contribution in [0.25, 0.3) is 0 Å². The molecule has 0 aromatic carbocycles. The number of rotatable bonds is 3. The van der Waals surface area contributed by atoms with Crippen LogP contribution in [0.5, 0.6) is 0 Å². The van der Waals surface area contributed by atoms with E-state index < -0.39 is 0 Å². The van der Waals surface area contributed by atoms with Crippen LogP contribution in [-0.4, -0.2) is 34.5 Å². The highest BCUT2D eigenvalue weighted by atomic mass is 35.5. The molecule has 1 aliphatic heterocycles. The number of fused-ring (bicyclic) bond motifs is 1. The van der Waals surface area contributed by atoms with E-state index in [1.807, 2.05) is 22.4 Å². The maximum atomic E-state index is 12.3. The molecule has 106 valence electrons. The Balaban J connectivity index is 1.92. The third-order valence-corrected chi connectivity index (χ3v) is 4.60. The Labute approximate surface area is 127 Å². The first-order valence-corrected chi connectivity index (χ1v) is 8.01. The van der Waals surface area contributed by atoms with Gasteiger partial charge in [0.05, 0.1) is 0 Å². The van der Waals surface area contributed by atoms with Crippen molar-refractivity contribution in [3.8, 4) is 0 Å². The van der Waals surface area contributed by atoms with Crippen LogP contribution in [0.1, 0.15) is 16.6 Å². The van der Waals surface area contributed by atoms with E-state index in [2.05, 4.69) is 28.2 Å². The van der Waals surface area contributed by atoms with Gasteiger partial charge < -0.3 is 14.8 Å². The summed E-state index contributed by atoms with van der Waals surface area (Å²) in [5.74, 6) is 0.430. The maximum absolute atomic E-state index is 12.3. The summed E-state index contributed by atoms with van der Waals surface area (Å²) in [6, 6.07) is 8.18. The van der Waals surface area contributed by atoms with E-state index in [1.54, 1.807) is 11.3 Å². The molecular weight excluding hydrogens is 294 g/mol. The van der Waals surface area contributed by atoms with Gasteiger partial charge in [-0.15, -0.1) is 22.9 Å². The number of urea groups is 1. The molecule has 3 rings (SSSR count). The van der Waals surface area contributed by atoms with Crippen LogP contribution in [0.3, 0.4) is 0 Å². The zero-order valence-electron chi connectivity index (χ0n) is 11.0. The van der Waals surface area contributed by atoms with Gasteiger partial charge in [-0.05, 0) is 23.6 Å². The Bertz CT molecular complexity index is 581. The number of alkyl halides is 1. The van der Waals surface area contributed by atoms with E-state index in [9.17, 15) is 4.79 Å². The van der Waals surface area contributed by atoms with Crippen molar-refractivity contribution in [2.24, 2.45) is 0 Å². The molecule has 1 atom stereocenters. The summed E-state index contributed by atoms with van der Waals surface area (Å²) < 4.78 is 2.22. The fourth-order valence-corrected chi connectivity index (χ4v) is 3.55. The Kier molecular flexibility index (Phi) is 3.98. The second kappa shape index (κ2) is 5.89. The molecule has 1 unspecified atom stereocenters. The first-order valence-electron chi connectivity index (χ1n) is 6.60. The van der Waals surface area contributed by atoms with Crippen molar-refractivity contribution < 1.29 is 4.79 Å². The average molecular weight is 310 g/mol. The number of hydrogen-bond acceptors (Lipinski definition) is 2. The smallest absolute Gasteiger partial charge is 0.318 e. The molecule has 0 spiro atoms. The molecule has 2 amide bonds. The second-order valence-corrected chi connectivity index (χ2v) is 6.02. The summed E-state index contributed by atoms with van der Waals surface area (Å²) in [7, 11) is 0. The van der Waals surface area contributed by atoms with Gasteiger partial charge in [-0.25, -0.2) is 4.79 Å². The molecule has 2 aromatic rings. The highest BCUT2D eigenvalue weighted by Gasteiger charge is 2.32. The molecule has 0 bridgehead atoms. The first-order chi connectivity index (χ1) is 9.81. The molecule has 0 aliphatic carbocycles. The van der Waals surface area contributed by atoms with E-state index in [1.165, 1.54) is 10.6 Å². The molecule has 4 nitrogen and oxygen atoms in total. The average Bonchev–Trinajstić information content (AvgIpc) is 3.13. The summed E-state index contributed by atoms with van der Waals surface area (Å²) in [6.45, 7) is 2.03. The number of nitrogens with zero attached hydrogens (tertiary/aromatic N) is 2. The predicted molar refractivity (Wildman–Crippen MR) is 81.4 cm³/mol. The van der Waals surface area contributed by atoms with Crippen LogP contribution in [0.15, 0.2) is 35.8 Å². The molecule has 1 aliphatic rings. The van der Waals surface area contributed by atoms with Crippen LogP contribution in [-0.2, 0) is 6.54 Å². The maximum Gasteiger partial charge on any atom is 0.318 e. The lowest BCUT2D eigenvalue weighted by Crippen LogP contribution is -2.47. The fourth-order valence-electron chi connectivity index (χ4n) is 2.60. The third-order valence-electron chi connectivity index (χ3n) is 3.48. The summed E-state index contributed by atoms with van der Waals surface area (Å²) in [6.07, 6.45) is 2.07. The van der Waals surface area contributed by atoms with Crippen molar-refractivity contribution in [3.05, 3.63) is 46.4 Å². The zero-order chi connectivity index (χ0) is 13.9. The molecular formula is C14H16ClN3OS. The van der Waals surface area contributed by atoms with Crippen molar-refractivity contribution in [1.82, 2.24) is 14.8 Å². The Morgan fingerprint density at radius 1 is 1.40 bits per heavy atom. The minimum absolute atomic E-state index is 0.00549. The summed E-state index contributed by atoms with van der Waals surface area (Å²) in [4.78, 5) is 15.4. The van der Waals surface area contributed by atoms with E-state index in [-0.39, 0.29) is 12.1 Å². The van der Waals surface area contributed by atoms with Crippen LogP contribution in [0.4, 0.5) is 4.79 Å². The summed E-state index contributed by atoms with van der Waals surface area (Å²) >= 11 is 7.33. The number of aromatic nitrogens is 1. The third kappa shape index (κ3) is 2.43. The lowest BCUT2D eigenvalue weighted by Gasteiger charge is -2.36. The summed E-state index contributed by atoms with van der Waals surface area (Å²) in [5, 5.41) is 4.92. The van der Waals surface area contributed by atoms with Gasteiger partial charge in [0.2, 0.25) is 0 Å². The van der Waals surface area contributed by atoms with E-state index in [0.29, 0.717) is 19.0 Å². The molecule has 3 heterocycles. The molecule has 0 fully saturated rings. The molecule has 6 heteroatoms. The highest BCUT2D eigenvalue weighted by molar-refractivity contribution is 7.10. The molecule has 0 saturated heterocycles. The highest BCUT2D eigenvalue weighted by Crippen LogP contribution is 2.34. The number of carbonyl (C=O) groups is 1. The van der Waals surface area contributed by atoms with Gasteiger partial charge in [-0.2, -0.15) is 0 Å². The normalized spacial score (nSPS) is 17.9. The summed E-state index contributed by atoms with van der Waals surface area (Å²) in [5.41, 5.74) is 1.17. The quantitative estimate of drug-likeness (QED) is 0.870. The van der Waals surface area contributed by atoms with E-state index in [4.69, 9.17) is 11.6 Å². The molecule has 1 N–H and O–H groups in total. The van der Waals surface area contributed by atoms with Crippen molar-refractivity contribution in [2.45, 2.75) is 12.6 Å². The lowest BCUT2D eigenvalue weighted by molar-refractivity contribution is 0.170. The standard InChI is InChI=1S/C14H16ClN3OS/c15-5-6-16-14(19)18-9-8-17-7-1-3-11(17)13(18)12-4-2-10-20-12/h1-4,7,10,13H,5-6,8-9H2,(H,16,19). The Morgan fingerprint density at radius 2 is 2.30 bits per heavy atom. The van der Waals surface area contributed by atoms with Crippen LogP contribution >= 0.6 is 22.9 Å².